The van der Waals surface area contributed by atoms with Gasteiger partial charge in [-0.3, -0.25) is 4.79 Å². The topological polar surface area (TPSA) is 114 Å². The number of carbonyl (C=O) groups excluding carboxylic acids is 1. The zero-order valence-corrected chi connectivity index (χ0v) is 18.4. The Labute approximate surface area is 192 Å². The predicted octanol–water partition coefficient (Wildman–Crippen LogP) is 4.22. The van der Waals surface area contributed by atoms with Gasteiger partial charge in [-0.05, 0) is 42.7 Å². The molecule has 4 rings (SSSR count). The Bertz CT molecular complexity index is 1130. The van der Waals surface area contributed by atoms with Gasteiger partial charge in [0.1, 0.15) is 35.3 Å². The third kappa shape index (κ3) is 6.08. The normalized spacial score (nSPS) is 12.2. The van der Waals surface area contributed by atoms with E-state index in [1.807, 2.05) is 54.6 Å². The van der Waals surface area contributed by atoms with Crippen molar-refractivity contribution in [2.75, 3.05) is 25.9 Å². The number of rotatable bonds is 5. The second-order valence-electron chi connectivity index (χ2n) is 7.17. The number of amides is 1. The Morgan fingerprint density at radius 2 is 1.70 bits per heavy atom. The number of methoxy groups -OCH3 is 1. The van der Waals surface area contributed by atoms with E-state index < -0.39 is 0 Å². The monoisotopic (exact) mass is 443 g/mol. The SMILES string of the molecule is C=C(C#N)C(=O)N1CCCC1.COc1ncnc(N)c1-c1ccc(Oc2ccccc2)cc1. The number of para-hydroxylation sites is 1. The number of ether oxygens (including phenoxy) is 2. The quantitative estimate of drug-likeness (QED) is 0.464. The summed E-state index contributed by atoms with van der Waals surface area (Å²) < 4.78 is 11.0. The first-order chi connectivity index (χ1) is 16.0. The number of nitrogens with two attached hydrogens (primary N) is 1. The van der Waals surface area contributed by atoms with E-state index in [4.69, 9.17) is 20.5 Å². The molecule has 1 amide bonds. The van der Waals surface area contributed by atoms with Gasteiger partial charge in [-0.2, -0.15) is 5.26 Å². The van der Waals surface area contributed by atoms with Gasteiger partial charge >= 0.3 is 0 Å². The van der Waals surface area contributed by atoms with Crippen LogP contribution in [-0.2, 0) is 4.79 Å². The molecule has 0 atom stereocenters. The van der Waals surface area contributed by atoms with Crippen LogP contribution >= 0.6 is 0 Å². The van der Waals surface area contributed by atoms with Crippen molar-refractivity contribution in [2.45, 2.75) is 12.8 Å². The summed E-state index contributed by atoms with van der Waals surface area (Å²) in [6, 6.07) is 18.9. The zero-order chi connectivity index (χ0) is 23.6. The summed E-state index contributed by atoms with van der Waals surface area (Å²) >= 11 is 0. The van der Waals surface area contributed by atoms with Gasteiger partial charge in [0.2, 0.25) is 5.88 Å². The number of anilines is 1. The van der Waals surface area contributed by atoms with Crippen LogP contribution in [0.1, 0.15) is 12.8 Å². The molecule has 2 heterocycles. The van der Waals surface area contributed by atoms with Crippen molar-refractivity contribution >= 4 is 11.7 Å². The molecule has 0 saturated carbocycles. The molecule has 1 fully saturated rings. The van der Waals surface area contributed by atoms with Crippen molar-refractivity contribution in [3.05, 3.63) is 73.1 Å². The lowest BCUT2D eigenvalue weighted by Gasteiger charge is -2.12. The van der Waals surface area contributed by atoms with Crippen molar-refractivity contribution in [1.82, 2.24) is 14.9 Å². The fourth-order valence-electron chi connectivity index (χ4n) is 3.28. The standard InChI is InChI=1S/C17H15N3O2.C8H10N2O/c1-21-17-15(16(18)19-11-20-17)12-7-9-14(10-8-12)22-13-5-3-2-4-6-13;1-7(6-9)8(11)10-4-2-3-5-10/h2-11H,1H3,(H2,18,19,20);1-5H2. The number of nitrogens with zero attached hydrogens (tertiary/aromatic N) is 4. The van der Waals surface area contributed by atoms with Crippen LogP contribution in [-0.4, -0.2) is 41.0 Å². The Balaban J connectivity index is 0.000000235. The molecule has 1 aromatic heterocycles. The highest BCUT2D eigenvalue weighted by Gasteiger charge is 2.19. The smallest absolute Gasteiger partial charge is 0.263 e. The van der Waals surface area contributed by atoms with Crippen LogP contribution in [0.15, 0.2) is 73.1 Å². The first kappa shape index (κ1) is 23.3. The maximum absolute atomic E-state index is 11.2. The number of nitrogen functional groups attached to an aromatic ring is 1. The van der Waals surface area contributed by atoms with Crippen molar-refractivity contribution in [3.8, 4) is 34.6 Å². The van der Waals surface area contributed by atoms with E-state index in [9.17, 15) is 4.79 Å². The summed E-state index contributed by atoms with van der Waals surface area (Å²) in [5, 5.41) is 8.37. The first-order valence-corrected chi connectivity index (χ1v) is 10.4. The predicted molar refractivity (Wildman–Crippen MR) is 126 cm³/mol. The summed E-state index contributed by atoms with van der Waals surface area (Å²) in [6.07, 6.45) is 3.47. The van der Waals surface area contributed by atoms with E-state index >= 15 is 0 Å². The Kier molecular flexibility index (Phi) is 7.97. The van der Waals surface area contributed by atoms with Crippen LogP contribution in [0, 0.1) is 11.3 Å². The number of carbonyl (C=O) groups is 1. The largest absolute Gasteiger partial charge is 0.480 e. The molecule has 3 aromatic rings. The minimum atomic E-state index is -0.204. The molecule has 0 unspecified atom stereocenters. The van der Waals surface area contributed by atoms with Crippen LogP contribution in [0.2, 0.25) is 0 Å². The Morgan fingerprint density at radius 3 is 2.30 bits per heavy atom. The van der Waals surface area contributed by atoms with E-state index in [0.29, 0.717) is 17.3 Å². The van der Waals surface area contributed by atoms with Gasteiger partial charge < -0.3 is 20.1 Å². The van der Waals surface area contributed by atoms with Crippen molar-refractivity contribution in [3.63, 3.8) is 0 Å². The van der Waals surface area contributed by atoms with Gasteiger partial charge in [0, 0.05) is 13.1 Å². The zero-order valence-electron chi connectivity index (χ0n) is 18.4. The van der Waals surface area contributed by atoms with Crippen molar-refractivity contribution in [1.29, 1.82) is 5.26 Å². The third-order valence-electron chi connectivity index (χ3n) is 4.94. The lowest BCUT2D eigenvalue weighted by molar-refractivity contribution is -0.125. The minimum absolute atomic E-state index is 0.0481. The minimum Gasteiger partial charge on any atom is -0.480 e. The molecule has 168 valence electrons. The molecule has 8 heteroatoms. The van der Waals surface area contributed by atoms with Gasteiger partial charge in [-0.15, -0.1) is 0 Å². The number of likely N-dealkylation sites (tertiary alicyclic amines) is 1. The fourth-order valence-corrected chi connectivity index (χ4v) is 3.28. The van der Waals surface area contributed by atoms with Gasteiger partial charge in [0.15, 0.2) is 0 Å². The summed E-state index contributed by atoms with van der Waals surface area (Å²) in [6.45, 7) is 4.92. The highest BCUT2D eigenvalue weighted by Crippen LogP contribution is 2.33. The molecule has 1 aliphatic heterocycles. The van der Waals surface area contributed by atoms with Crippen LogP contribution in [0.3, 0.4) is 0 Å². The highest BCUT2D eigenvalue weighted by molar-refractivity contribution is 5.96. The number of benzene rings is 2. The average Bonchev–Trinajstić information content (AvgIpc) is 3.40. The van der Waals surface area contributed by atoms with Gasteiger partial charge in [0.05, 0.1) is 12.7 Å². The van der Waals surface area contributed by atoms with Crippen LogP contribution in [0.5, 0.6) is 17.4 Å². The van der Waals surface area contributed by atoms with Crippen molar-refractivity contribution < 1.29 is 14.3 Å². The Morgan fingerprint density at radius 1 is 1.06 bits per heavy atom. The second kappa shape index (κ2) is 11.3. The average molecular weight is 444 g/mol. The number of hydrogen-bond acceptors (Lipinski definition) is 7. The lowest BCUT2D eigenvalue weighted by Crippen LogP contribution is -2.28. The van der Waals surface area contributed by atoms with E-state index in [0.717, 1.165) is 43.0 Å². The summed E-state index contributed by atoms with van der Waals surface area (Å²) in [7, 11) is 1.55. The highest BCUT2D eigenvalue weighted by atomic mass is 16.5. The molecule has 0 aliphatic carbocycles. The maximum Gasteiger partial charge on any atom is 0.263 e. The molecule has 33 heavy (non-hydrogen) atoms. The molecule has 1 saturated heterocycles. The lowest BCUT2D eigenvalue weighted by atomic mass is 10.1. The number of hydrogen-bond donors (Lipinski definition) is 1. The summed E-state index contributed by atoms with van der Waals surface area (Å²) in [5.74, 6) is 2.15. The first-order valence-electron chi connectivity index (χ1n) is 10.4. The molecule has 2 N–H and O–H groups in total. The van der Waals surface area contributed by atoms with Gasteiger partial charge in [-0.1, -0.05) is 36.9 Å². The number of aromatic nitrogens is 2. The van der Waals surface area contributed by atoms with E-state index in [1.165, 1.54) is 6.33 Å². The molecule has 0 radical (unpaired) electrons. The van der Waals surface area contributed by atoms with Crippen LogP contribution < -0.4 is 15.2 Å². The molecular formula is C25H25N5O3. The molecular weight excluding hydrogens is 418 g/mol. The molecule has 0 spiro atoms. The molecule has 1 aliphatic rings. The van der Waals surface area contributed by atoms with Crippen molar-refractivity contribution in [2.24, 2.45) is 0 Å². The van der Waals surface area contributed by atoms with Crippen LogP contribution in [0.25, 0.3) is 11.1 Å². The van der Waals surface area contributed by atoms with Crippen LogP contribution in [0.4, 0.5) is 5.82 Å². The Hall–Kier alpha value is -4.38. The molecule has 0 bridgehead atoms. The van der Waals surface area contributed by atoms with E-state index in [-0.39, 0.29) is 11.5 Å². The molecule has 8 nitrogen and oxygen atoms in total. The summed E-state index contributed by atoms with van der Waals surface area (Å²) in [5.41, 5.74) is 7.52. The fraction of sp³-hybridized carbons (Fsp3) is 0.200. The van der Waals surface area contributed by atoms with Gasteiger partial charge in [-0.25, -0.2) is 9.97 Å². The third-order valence-corrected chi connectivity index (χ3v) is 4.94. The summed E-state index contributed by atoms with van der Waals surface area (Å²) in [4.78, 5) is 20.9. The van der Waals surface area contributed by atoms with E-state index in [1.54, 1.807) is 18.1 Å². The maximum atomic E-state index is 11.2. The molecule has 2 aromatic carbocycles. The number of nitriles is 1. The second-order valence-corrected chi connectivity index (χ2v) is 7.17. The van der Waals surface area contributed by atoms with Gasteiger partial charge in [0.25, 0.3) is 5.91 Å². The van der Waals surface area contributed by atoms with E-state index in [2.05, 4.69) is 16.5 Å².